The van der Waals surface area contributed by atoms with E-state index in [-0.39, 0.29) is 11.8 Å². The quantitative estimate of drug-likeness (QED) is 0.222. The van der Waals surface area contributed by atoms with Crippen LogP contribution in [0, 0.1) is 0 Å². The van der Waals surface area contributed by atoms with E-state index in [1.54, 1.807) is 24.3 Å². The molecule has 0 saturated heterocycles. The van der Waals surface area contributed by atoms with Crippen molar-refractivity contribution in [2.24, 2.45) is 5.10 Å². The summed E-state index contributed by atoms with van der Waals surface area (Å²) in [6.07, 6.45) is 8.76. The number of anilines is 1. The maximum Gasteiger partial charge on any atom is 0.255 e. The second-order valence-electron chi connectivity index (χ2n) is 7.64. The predicted octanol–water partition coefficient (Wildman–Crippen LogP) is 6.57. The lowest BCUT2D eigenvalue weighted by atomic mass is 10.1. The van der Waals surface area contributed by atoms with Crippen molar-refractivity contribution < 1.29 is 9.59 Å². The van der Waals surface area contributed by atoms with E-state index in [2.05, 4.69) is 22.8 Å². The molecule has 166 valence electrons. The standard InChI is InChI=1S/C25H32ClN3O2/c1-3-4-5-6-7-8-9-10-24(30)29-28-19(2)20-13-17-23(18-14-20)27-25(31)21-11-15-22(26)16-12-21/h11-18H,3-10H2,1-2H3,(H,27,31)(H,29,30). The van der Waals surface area contributed by atoms with Crippen LogP contribution in [0.3, 0.4) is 0 Å². The lowest BCUT2D eigenvalue weighted by Gasteiger charge is -2.07. The summed E-state index contributed by atoms with van der Waals surface area (Å²) in [5.41, 5.74) is 5.44. The summed E-state index contributed by atoms with van der Waals surface area (Å²) < 4.78 is 0. The topological polar surface area (TPSA) is 70.6 Å². The number of benzene rings is 2. The van der Waals surface area contributed by atoms with Gasteiger partial charge in [0.15, 0.2) is 0 Å². The maximum absolute atomic E-state index is 12.3. The van der Waals surface area contributed by atoms with Crippen LogP contribution in [0.1, 0.15) is 81.1 Å². The predicted molar refractivity (Wildman–Crippen MR) is 129 cm³/mol. The van der Waals surface area contributed by atoms with Gasteiger partial charge in [0.05, 0.1) is 5.71 Å². The molecular weight excluding hydrogens is 410 g/mol. The molecule has 31 heavy (non-hydrogen) atoms. The number of carbonyl (C=O) groups excluding carboxylic acids is 2. The molecule has 0 radical (unpaired) electrons. The lowest BCUT2D eigenvalue weighted by molar-refractivity contribution is -0.121. The summed E-state index contributed by atoms with van der Waals surface area (Å²) in [4.78, 5) is 24.2. The zero-order valence-electron chi connectivity index (χ0n) is 18.4. The maximum atomic E-state index is 12.3. The normalized spacial score (nSPS) is 11.3. The van der Waals surface area contributed by atoms with Gasteiger partial charge in [-0.1, -0.05) is 69.2 Å². The molecule has 0 unspecified atom stereocenters. The van der Waals surface area contributed by atoms with Crippen LogP contribution in [0.2, 0.25) is 5.02 Å². The first kappa shape index (κ1) is 24.6. The molecule has 0 aliphatic heterocycles. The molecule has 0 aliphatic rings. The monoisotopic (exact) mass is 441 g/mol. The number of nitrogens with zero attached hydrogens (tertiary/aromatic N) is 1. The minimum Gasteiger partial charge on any atom is -0.322 e. The first-order valence-electron chi connectivity index (χ1n) is 11.0. The number of nitrogens with one attached hydrogen (secondary N) is 2. The highest BCUT2D eigenvalue weighted by atomic mass is 35.5. The number of hydrogen-bond acceptors (Lipinski definition) is 3. The zero-order valence-corrected chi connectivity index (χ0v) is 19.2. The van der Waals surface area contributed by atoms with Gasteiger partial charge in [0, 0.05) is 22.7 Å². The minimum absolute atomic E-state index is 0.0558. The molecule has 0 fully saturated rings. The van der Waals surface area contributed by atoms with Crippen LogP contribution in [0.25, 0.3) is 0 Å². The van der Waals surface area contributed by atoms with Gasteiger partial charge in [0.25, 0.3) is 5.91 Å². The number of hydrogen-bond donors (Lipinski definition) is 2. The van der Waals surface area contributed by atoms with Crippen molar-refractivity contribution >= 4 is 34.8 Å². The molecule has 0 saturated carbocycles. The Morgan fingerprint density at radius 2 is 1.42 bits per heavy atom. The SMILES string of the molecule is CCCCCCCCCC(=O)NN=C(C)c1ccc(NC(=O)c2ccc(Cl)cc2)cc1. The van der Waals surface area contributed by atoms with Crippen LogP contribution in [0.15, 0.2) is 53.6 Å². The number of carbonyl (C=O) groups is 2. The van der Waals surface area contributed by atoms with E-state index < -0.39 is 0 Å². The van der Waals surface area contributed by atoms with E-state index in [0.29, 0.717) is 28.4 Å². The number of amides is 2. The molecule has 6 heteroatoms. The van der Waals surface area contributed by atoms with E-state index in [4.69, 9.17) is 11.6 Å². The molecule has 0 aromatic heterocycles. The van der Waals surface area contributed by atoms with E-state index in [9.17, 15) is 9.59 Å². The highest BCUT2D eigenvalue weighted by Crippen LogP contribution is 2.14. The molecule has 2 aromatic carbocycles. The third-order valence-corrected chi connectivity index (χ3v) is 5.27. The second-order valence-corrected chi connectivity index (χ2v) is 8.08. The fourth-order valence-corrected chi connectivity index (χ4v) is 3.23. The minimum atomic E-state index is -0.201. The van der Waals surface area contributed by atoms with E-state index in [1.165, 1.54) is 32.1 Å². The Morgan fingerprint density at radius 3 is 2.06 bits per heavy atom. The van der Waals surface area contributed by atoms with Gasteiger partial charge < -0.3 is 5.32 Å². The first-order chi connectivity index (χ1) is 15.0. The lowest BCUT2D eigenvalue weighted by Crippen LogP contribution is -2.18. The van der Waals surface area contributed by atoms with Crippen molar-refractivity contribution in [3.05, 3.63) is 64.7 Å². The van der Waals surface area contributed by atoms with Crippen molar-refractivity contribution in [2.75, 3.05) is 5.32 Å². The van der Waals surface area contributed by atoms with Crippen LogP contribution >= 0.6 is 11.6 Å². The molecule has 0 spiro atoms. The van der Waals surface area contributed by atoms with Crippen molar-refractivity contribution in [2.45, 2.75) is 65.2 Å². The number of halogens is 1. The van der Waals surface area contributed by atoms with Gasteiger partial charge >= 0.3 is 0 Å². The highest BCUT2D eigenvalue weighted by Gasteiger charge is 2.07. The largest absolute Gasteiger partial charge is 0.322 e. The molecule has 0 heterocycles. The molecular formula is C25H32ClN3O2. The molecule has 2 N–H and O–H groups in total. The zero-order chi connectivity index (χ0) is 22.5. The number of hydrazone groups is 1. The number of rotatable bonds is 12. The van der Waals surface area contributed by atoms with Gasteiger partial charge in [-0.15, -0.1) is 0 Å². The fourth-order valence-electron chi connectivity index (χ4n) is 3.11. The van der Waals surface area contributed by atoms with Crippen LogP contribution in [-0.2, 0) is 4.79 Å². The van der Waals surface area contributed by atoms with Crippen LogP contribution in [0.4, 0.5) is 5.69 Å². The first-order valence-corrected chi connectivity index (χ1v) is 11.4. The Bertz CT molecular complexity index is 861. The third kappa shape index (κ3) is 9.35. The summed E-state index contributed by atoms with van der Waals surface area (Å²) in [7, 11) is 0. The molecule has 2 amide bonds. The Morgan fingerprint density at radius 1 is 0.839 bits per heavy atom. The Labute approximate surface area is 190 Å². The summed E-state index contributed by atoms with van der Waals surface area (Å²) in [6.45, 7) is 4.05. The van der Waals surface area contributed by atoms with Gasteiger partial charge in [-0.25, -0.2) is 5.43 Å². The van der Waals surface area contributed by atoms with Gasteiger partial charge in [-0.3, -0.25) is 9.59 Å². The fraction of sp³-hybridized carbons (Fsp3) is 0.400. The van der Waals surface area contributed by atoms with Crippen molar-refractivity contribution in [3.63, 3.8) is 0 Å². The summed E-state index contributed by atoms with van der Waals surface area (Å²) in [6, 6.07) is 14.1. The van der Waals surface area contributed by atoms with Gasteiger partial charge in [-0.05, 0) is 55.3 Å². The van der Waals surface area contributed by atoms with E-state index in [0.717, 1.165) is 18.4 Å². The van der Waals surface area contributed by atoms with Gasteiger partial charge in [0.1, 0.15) is 0 Å². The second kappa shape index (κ2) is 13.6. The van der Waals surface area contributed by atoms with Crippen molar-refractivity contribution in [3.8, 4) is 0 Å². The van der Waals surface area contributed by atoms with Gasteiger partial charge in [0.2, 0.25) is 5.91 Å². The van der Waals surface area contributed by atoms with Crippen LogP contribution in [0.5, 0.6) is 0 Å². The smallest absolute Gasteiger partial charge is 0.255 e. The molecule has 5 nitrogen and oxygen atoms in total. The number of unbranched alkanes of at least 4 members (excludes halogenated alkanes) is 6. The van der Waals surface area contributed by atoms with Crippen molar-refractivity contribution in [1.82, 2.24) is 5.43 Å². The Balaban J connectivity index is 1.75. The summed E-state index contributed by atoms with van der Waals surface area (Å²) in [5, 5.41) is 7.63. The molecule has 0 aliphatic carbocycles. The van der Waals surface area contributed by atoms with Crippen molar-refractivity contribution in [1.29, 1.82) is 0 Å². The summed E-state index contributed by atoms with van der Waals surface area (Å²) >= 11 is 5.85. The summed E-state index contributed by atoms with van der Waals surface area (Å²) in [5.74, 6) is -0.257. The van der Waals surface area contributed by atoms with Gasteiger partial charge in [-0.2, -0.15) is 5.10 Å². The van der Waals surface area contributed by atoms with Crippen LogP contribution < -0.4 is 10.7 Å². The van der Waals surface area contributed by atoms with E-state index in [1.807, 2.05) is 31.2 Å². The average molecular weight is 442 g/mol. The van der Waals surface area contributed by atoms with E-state index >= 15 is 0 Å². The highest BCUT2D eigenvalue weighted by molar-refractivity contribution is 6.30. The Kier molecular flexibility index (Phi) is 10.8. The molecule has 0 bridgehead atoms. The van der Waals surface area contributed by atoms with Crippen LogP contribution in [-0.4, -0.2) is 17.5 Å². The average Bonchev–Trinajstić information content (AvgIpc) is 2.77. The Hall–Kier alpha value is -2.66. The third-order valence-electron chi connectivity index (χ3n) is 5.02. The molecule has 2 aromatic rings. The molecule has 2 rings (SSSR count). The molecule has 0 atom stereocenters.